The molecular formula is C16H15IO. The van der Waals surface area contributed by atoms with Gasteiger partial charge in [-0.25, -0.2) is 0 Å². The number of hydrogen-bond donors (Lipinski definition) is 0. The first-order valence-corrected chi connectivity index (χ1v) is 6.95. The summed E-state index contributed by atoms with van der Waals surface area (Å²) in [6.07, 6.45) is 0. The number of ketones is 1. The second-order valence-electron chi connectivity index (χ2n) is 4.59. The van der Waals surface area contributed by atoms with Gasteiger partial charge in [0, 0.05) is 14.7 Å². The molecule has 0 saturated carbocycles. The fraction of sp³-hybridized carbons (Fsp3) is 0.188. The summed E-state index contributed by atoms with van der Waals surface area (Å²) in [5, 5.41) is 0. The minimum atomic E-state index is 0.106. The van der Waals surface area contributed by atoms with Gasteiger partial charge in [-0.1, -0.05) is 18.2 Å². The number of aryl methyl sites for hydroxylation is 3. The van der Waals surface area contributed by atoms with E-state index < -0.39 is 0 Å². The molecule has 0 N–H and O–H groups in total. The van der Waals surface area contributed by atoms with E-state index in [4.69, 9.17) is 0 Å². The number of hydrogen-bond acceptors (Lipinski definition) is 1. The van der Waals surface area contributed by atoms with Crippen molar-refractivity contribution >= 4 is 28.4 Å². The van der Waals surface area contributed by atoms with Crippen molar-refractivity contribution in [2.24, 2.45) is 0 Å². The standard InChI is InChI=1S/C16H15IO/c1-10-7-12(3)15(8-11(10)2)16(18)13-5-4-6-14(17)9-13/h4-9H,1-3H3. The molecule has 0 unspecified atom stereocenters. The van der Waals surface area contributed by atoms with Crippen LogP contribution in [0.25, 0.3) is 0 Å². The number of halogens is 1. The number of benzene rings is 2. The van der Waals surface area contributed by atoms with Crippen molar-refractivity contribution in [3.8, 4) is 0 Å². The van der Waals surface area contributed by atoms with Gasteiger partial charge < -0.3 is 0 Å². The molecular weight excluding hydrogens is 335 g/mol. The van der Waals surface area contributed by atoms with Gasteiger partial charge in [-0.05, 0) is 78.3 Å². The molecule has 2 heteroatoms. The maximum absolute atomic E-state index is 12.5. The zero-order valence-corrected chi connectivity index (χ0v) is 12.9. The van der Waals surface area contributed by atoms with E-state index in [0.29, 0.717) is 0 Å². The van der Waals surface area contributed by atoms with Crippen LogP contribution in [0, 0.1) is 24.3 Å². The van der Waals surface area contributed by atoms with Gasteiger partial charge in [0.1, 0.15) is 0 Å². The van der Waals surface area contributed by atoms with Crippen molar-refractivity contribution in [2.75, 3.05) is 0 Å². The third kappa shape index (κ3) is 2.64. The summed E-state index contributed by atoms with van der Waals surface area (Å²) >= 11 is 2.23. The van der Waals surface area contributed by atoms with Gasteiger partial charge >= 0.3 is 0 Å². The third-order valence-corrected chi connectivity index (χ3v) is 3.84. The van der Waals surface area contributed by atoms with Crippen molar-refractivity contribution in [3.63, 3.8) is 0 Å². The summed E-state index contributed by atoms with van der Waals surface area (Å²) in [5.41, 5.74) is 5.00. The third-order valence-electron chi connectivity index (χ3n) is 3.17. The smallest absolute Gasteiger partial charge is 0.193 e. The molecule has 0 spiro atoms. The number of carbonyl (C=O) groups is 1. The van der Waals surface area contributed by atoms with Crippen molar-refractivity contribution in [1.82, 2.24) is 0 Å². The zero-order valence-electron chi connectivity index (χ0n) is 10.8. The topological polar surface area (TPSA) is 17.1 Å². The van der Waals surface area contributed by atoms with E-state index in [9.17, 15) is 4.79 Å². The monoisotopic (exact) mass is 350 g/mol. The van der Waals surface area contributed by atoms with Crippen LogP contribution in [0.5, 0.6) is 0 Å². The van der Waals surface area contributed by atoms with E-state index in [1.165, 1.54) is 5.56 Å². The Kier molecular flexibility index (Phi) is 3.85. The second-order valence-corrected chi connectivity index (χ2v) is 5.84. The summed E-state index contributed by atoms with van der Waals surface area (Å²) in [5.74, 6) is 0.106. The predicted octanol–water partition coefficient (Wildman–Crippen LogP) is 4.45. The highest BCUT2D eigenvalue weighted by molar-refractivity contribution is 14.1. The molecule has 2 rings (SSSR count). The lowest BCUT2D eigenvalue weighted by Crippen LogP contribution is -2.05. The zero-order chi connectivity index (χ0) is 13.3. The predicted molar refractivity (Wildman–Crippen MR) is 83.2 cm³/mol. The van der Waals surface area contributed by atoms with Crippen molar-refractivity contribution in [1.29, 1.82) is 0 Å². The highest BCUT2D eigenvalue weighted by Gasteiger charge is 2.13. The summed E-state index contributed by atoms with van der Waals surface area (Å²) < 4.78 is 1.08. The van der Waals surface area contributed by atoms with E-state index in [0.717, 1.165) is 25.8 Å². The van der Waals surface area contributed by atoms with Gasteiger partial charge in [0.15, 0.2) is 5.78 Å². The van der Waals surface area contributed by atoms with Crippen LogP contribution in [-0.4, -0.2) is 5.78 Å². The summed E-state index contributed by atoms with van der Waals surface area (Å²) in [7, 11) is 0. The Balaban J connectivity index is 2.49. The SMILES string of the molecule is Cc1cc(C)c(C(=O)c2cccc(I)c2)cc1C. The molecule has 2 aromatic rings. The van der Waals surface area contributed by atoms with Gasteiger partial charge in [0.25, 0.3) is 0 Å². The van der Waals surface area contributed by atoms with E-state index >= 15 is 0 Å². The minimum absolute atomic E-state index is 0.106. The van der Waals surface area contributed by atoms with Gasteiger partial charge in [-0.2, -0.15) is 0 Å². The average molecular weight is 350 g/mol. The molecule has 0 aliphatic heterocycles. The lowest BCUT2D eigenvalue weighted by Gasteiger charge is -2.09. The lowest BCUT2D eigenvalue weighted by atomic mass is 9.95. The Morgan fingerprint density at radius 2 is 1.61 bits per heavy atom. The lowest BCUT2D eigenvalue weighted by molar-refractivity contribution is 0.103. The second kappa shape index (κ2) is 5.22. The summed E-state index contributed by atoms with van der Waals surface area (Å²) in [6, 6.07) is 11.8. The van der Waals surface area contributed by atoms with Crippen molar-refractivity contribution in [3.05, 3.63) is 67.8 Å². The molecule has 0 fully saturated rings. The van der Waals surface area contributed by atoms with Crippen LogP contribution in [0.4, 0.5) is 0 Å². The van der Waals surface area contributed by atoms with Crippen LogP contribution in [0.2, 0.25) is 0 Å². The molecule has 0 amide bonds. The molecule has 18 heavy (non-hydrogen) atoms. The van der Waals surface area contributed by atoms with Crippen molar-refractivity contribution < 1.29 is 4.79 Å². The first kappa shape index (κ1) is 13.3. The van der Waals surface area contributed by atoms with Gasteiger partial charge in [-0.15, -0.1) is 0 Å². The van der Waals surface area contributed by atoms with E-state index in [1.807, 2.05) is 44.2 Å². The van der Waals surface area contributed by atoms with Crippen LogP contribution < -0.4 is 0 Å². The minimum Gasteiger partial charge on any atom is -0.289 e. The number of carbonyl (C=O) groups excluding carboxylic acids is 1. The molecule has 0 bridgehead atoms. The molecule has 0 saturated heterocycles. The van der Waals surface area contributed by atoms with Crippen LogP contribution in [0.3, 0.4) is 0 Å². The van der Waals surface area contributed by atoms with Crippen LogP contribution >= 0.6 is 22.6 Å². The Morgan fingerprint density at radius 1 is 0.944 bits per heavy atom. The summed E-state index contributed by atoms with van der Waals surface area (Å²) in [6.45, 7) is 6.11. The van der Waals surface area contributed by atoms with Gasteiger partial charge in [-0.3, -0.25) is 4.79 Å². The molecule has 92 valence electrons. The quantitative estimate of drug-likeness (QED) is 0.578. The van der Waals surface area contributed by atoms with Gasteiger partial charge in [0.05, 0.1) is 0 Å². The van der Waals surface area contributed by atoms with E-state index in [1.54, 1.807) is 0 Å². The Bertz CT molecular complexity index is 614. The maximum atomic E-state index is 12.5. The Morgan fingerprint density at radius 3 is 2.28 bits per heavy atom. The molecule has 0 radical (unpaired) electrons. The van der Waals surface area contributed by atoms with Crippen LogP contribution in [-0.2, 0) is 0 Å². The highest BCUT2D eigenvalue weighted by Crippen LogP contribution is 2.19. The first-order chi connectivity index (χ1) is 8.49. The van der Waals surface area contributed by atoms with Crippen LogP contribution in [0.15, 0.2) is 36.4 Å². The normalized spacial score (nSPS) is 10.4. The Labute approximate surface area is 121 Å². The summed E-state index contributed by atoms with van der Waals surface area (Å²) in [4.78, 5) is 12.5. The van der Waals surface area contributed by atoms with E-state index in [-0.39, 0.29) is 5.78 Å². The largest absolute Gasteiger partial charge is 0.289 e. The molecule has 0 aromatic heterocycles. The molecule has 1 nitrogen and oxygen atoms in total. The molecule has 0 atom stereocenters. The van der Waals surface area contributed by atoms with Crippen LogP contribution in [0.1, 0.15) is 32.6 Å². The fourth-order valence-electron chi connectivity index (χ4n) is 1.99. The molecule has 0 heterocycles. The Hall–Kier alpha value is -1.16. The van der Waals surface area contributed by atoms with Crippen molar-refractivity contribution in [2.45, 2.75) is 20.8 Å². The van der Waals surface area contributed by atoms with Gasteiger partial charge in [0.2, 0.25) is 0 Å². The maximum Gasteiger partial charge on any atom is 0.193 e. The highest BCUT2D eigenvalue weighted by atomic mass is 127. The molecule has 0 aliphatic rings. The van der Waals surface area contributed by atoms with E-state index in [2.05, 4.69) is 35.6 Å². The first-order valence-electron chi connectivity index (χ1n) is 5.87. The average Bonchev–Trinajstić information content (AvgIpc) is 2.33. The molecule has 0 aliphatic carbocycles. The number of rotatable bonds is 2. The fourth-order valence-corrected chi connectivity index (χ4v) is 2.53. The molecule has 2 aromatic carbocycles.